The third kappa shape index (κ3) is 8.30. The summed E-state index contributed by atoms with van der Waals surface area (Å²) in [6.07, 6.45) is 11.5. The Morgan fingerprint density at radius 2 is 1.17 bits per heavy atom. The third-order valence-corrected chi connectivity index (χ3v) is 12.6. The van der Waals surface area contributed by atoms with Gasteiger partial charge in [-0.05, 0) is 57.4 Å². The van der Waals surface area contributed by atoms with Gasteiger partial charge >= 0.3 is 0 Å². The molecule has 0 N–H and O–H groups in total. The molecule has 7 nitrogen and oxygen atoms in total. The molecule has 1 aliphatic heterocycles. The normalized spacial score (nSPS) is 19.3. The Kier molecular flexibility index (Phi) is 11.3. The Morgan fingerprint density at radius 3 is 1.86 bits per heavy atom. The van der Waals surface area contributed by atoms with Crippen molar-refractivity contribution in [1.82, 2.24) is 19.9 Å². The van der Waals surface area contributed by atoms with Gasteiger partial charge in [0.2, 0.25) is 0 Å². The van der Waals surface area contributed by atoms with E-state index in [1.807, 2.05) is 54.6 Å². The number of amidine groups is 2. The van der Waals surface area contributed by atoms with Crippen LogP contribution in [0.1, 0.15) is 60.1 Å². The van der Waals surface area contributed by atoms with Gasteiger partial charge in [0.25, 0.3) is 0 Å². The van der Waals surface area contributed by atoms with Crippen LogP contribution >= 0.6 is 0 Å². The first-order valence-electron chi connectivity index (χ1n) is 22.2. The highest BCUT2D eigenvalue weighted by molar-refractivity contribution is 6.13. The highest BCUT2D eigenvalue weighted by Crippen LogP contribution is 2.42. The average Bonchev–Trinajstić information content (AvgIpc) is 3.37. The van der Waals surface area contributed by atoms with Crippen molar-refractivity contribution in [2.45, 2.75) is 26.4 Å². The Morgan fingerprint density at radius 1 is 0.585 bits per heavy atom. The first-order valence-corrected chi connectivity index (χ1v) is 22.2. The zero-order valence-corrected chi connectivity index (χ0v) is 36.6. The van der Waals surface area contributed by atoms with E-state index in [1.165, 1.54) is 0 Å². The molecule has 0 fully saturated rings. The molecule has 2 heterocycles. The summed E-state index contributed by atoms with van der Waals surface area (Å²) in [6.45, 7) is 4.37. The van der Waals surface area contributed by atoms with Crippen molar-refractivity contribution in [3.05, 3.63) is 228 Å². The molecule has 0 saturated carbocycles. The minimum Gasteiger partial charge on any atom is -0.333 e. The molecular weight excluding hydrogens is 795 g/mol. The van der Waals surface area contributed by atoms with E-state index in [2.05, 4.69) is 171 Å². The SMILES string of the molecule is CC1CC=CC=C1c1nc(-c2ccccc2)nc(-c2ccc(C3=CC(C#N)C(C)C(c4ccccc4-c4cccc(C5=NC(c6ccccc6)N(C)C(c6ccccc6)=N5)c4)=C3)cc2)n1. The van der Waals surface area contributed by atoms with Gasteiger partial charge in [-0.15, -0.1) is 0 Å². The zero-order chi connectivity index (χ0) is 44.3. The highest BCUT2D eigenvalue weighted by atomic mass is 15.3. The molecule has 4 unspecified atom stereocenters. The summed E-state index contributed by atoms with van der Waals surface area (Å²) < 4.78 is 0. The number of benzene rings is 6. The molecule has 7 heteroatoms. The van der Waals surface area contributed by atoms with Crippen LogP contribution in [0.2, 0.25) is 0 Å². The van der Waals surface area contributed by atoms with Gasteiger partial charge in [-0.2, -0.15) is 5.26 Å². The lowest BCUT2D eigenvalue weighted by Crippen LogP contribution is -2.35. The first kappa shape index (κ1) is 41.0. The number of allylic oxidation sites excluding steroid dienone is 8. The number of hydrogen-bond donors (Lipinski definition) is 0. The summed E-state index contributed by atoms with van der Waals surface area (Å²) in [7, 11) is 2.06. The second kappa shape index (κ2) is 18.0. The van der Waals surface area contributed by atoms with E-state index in [4.69, 9.17) is 24.9 Å². The van der Waals surface area contributed by atoms with E-state index in [9.17, 15) is 5.26 Å². The molecule has 0 amide bonds. The summed E-state index contributed by atoms with van der Waals surface area (Å²) in [4.78, 5) is 27.6. The van der Waals surface area contributed by atoms with E-state index < -0.39 is 0 Å². The van der Waals surface area contributed by atoms with Gasteiger partial charge in [-0.1, -0.05) is 202 Å². The summed E-state index contributed by atoms with van der Waals surface area (Å²) in [6, 6.07) is 58.8. The van der Waals surface area contributed by atoms with Crippen LogP contribution in [-0.2, 0) is 0 Å². The predicted molar refractivity (Wildman–Crippen MR) is 264 cm³/mol. The maximum atomic E-state index is 10.6. The molecular formula is C58H47N7. The number of nitrogens with zero attached hydrogens (tertiary/aromatic N) is 7. The van der Waals surface area contributed by atoms with E-state index in [1.54, 1.807) is 0 Å². The van der Waals surface area contributed by atoms with Crippen molar-refractivity contribution in [1.29, 1.82) is 5.26 Å². The van der Waals surface area contributed by atoms with Crippen molar-refractivity contribution in [2.24, 2.45) is 27.7 Å². The fourth-order valence-electron chi connectivity index (χ4n) is 8.99. The average molecular weight is 842 g/mol. The highest BCUT2D eigenvalue weighted by Gasteiger charge is 2.29. The summed E-state index contributed by atoms with van der Waals surface area (Å²) in [5.41, 5.74) is 12.4. The van der Waals surface area contributed by atoms with Crippen molar-refractivity contribution in [2.75, 3.05) is 7.05 Å². The van der Waals surface area contributed by atoms with Gasteiger partial charge in [0, 0.05) is 40.8 Å². The van der Waals surface area contributed by atoms with Gasteiger partial charge in [0.15, 0.2) is 23.3 Å². The van der Waals surface area contributed by atoms with E-state index in [-0.39, 0.29) is 18.0 Å². The van der Waals surface area contributed by atoms with Crippen LogP contribution in [0.4, 0.5) is 0 Å². The molecule has 65 heavy (non-hydrogen) atoms. The Bertz CT molecular complexity index is 3120. The maximum absolute atomic E-state index is 10.6. The molecule has 4 atom stereocenters. The lowest BCUT2D eigenvalue weighted by Gasteiger charge is -2.32. The van der Waals surface area contributed by atoms with E-state index in [0.29, 0.717) is 29.2 Å². The molecule has 314 valence electrons. The molecule has 0 saturated heterocycles. The van der Waals surface area contributed by atoms with Crippen LogP contribution in [0.15, 0.2) is 204 Å². The number of hydrogen-bond acceptors (Lipinski definition) is 7. The Labute approximate surface area is 381 Å². The third-order valence-electron chi connectivity index (χ3n) is 12.6. The number of rotatable bonds is 9. The lowest BCUT2D eigenvalue weighted by atomic mass is 9.76. The second-order valence-corrected chi connectivity index (χ2v) is 16.9. The van der Waals surface area contributed by atoms with Gasteiger partial charge < -0.3 is 4.90 Å². The van der Waals surface area contributed by atoms with Crippen LogP contribution in [0.3, 0.4) is 0 Å². The van der Waals surface area contributed by atoms with Crippen LogP contribution in [-0.4, -0.2) is 38.6 Å². The van der Waals surface area contributed by atoms with Crippen molar-refractivity contribution >= 4 is 28.4 Å². The van der Waals surface area contributed by atoms with Crippen LogP contribution in [0.25, 0.3) is 50.6 Å². The summed E-state index contributed by atoms with van der Waals surface area (Å²) in [5.74, 6) is 3.46. The molecule has 3 aliphatic rings. The quantitative estimate of drug-likeness (QED) is 0.144. The molecule has 10 rings (SSSR count). The van der Waals surface area contributed by atoms with Gasteiger partial charge in [0.05, 0.1) is 12.0 Å². The van der Waals surface area contributed by atoms with Gasteiger partial charge in [0.1, 0.15) is 12.0 Å². The number of aliphatic imine (C=N–C) groups is 2. The predicted octanol–water partition coefficient (Wildman–Crippen LogP) is 12.9. The molecule has 7 aromatic rings. The Hall–Kier alpha value is -8.08. The minimum absolute atomic E-state index is 0.0401. The van der Waals surface area contributed by atoms with Crippen molar-refractivity contribution in [3.8, 4) is 40.0 Å². The fourth-order valence-corrected chi connectivity index (χ4v) is 8.99. The summed E-state index contributed by atoms with van der Waals surface area (Å²) >= 11 is 0. The Balaban J connectivity index is 1.00. The smallest absolute Gasteiger partial charge is 0.164 e. The van der Waals surface area contributed by atoms with Crippen molar-refractivity contribution in [3.63, 3.8) is 0 Å². The summed E-state index contributed by atoms with van der Waals surface area (Å²) in [5, 5.41) is 10.6. The molecule has 0 radical (unpaired) electrons. The molecule has 0 spiro atoms. The van der Waals surface area contributed by atoms with Crippen LogP contribution < -0.4 is 0 Å². The largest absolute Gasteiger partial charge is 0.333 e. The van der Waals surface area contributed by atoms with Gasteiger partial charge in [-0.25, -0.2) is 24.9 Å². The molecule has 0 bridgehead atoms. The molecule has 2 aliphatic carbocycles. The zero-order valence-electron chi connectivity index (χ0n) is 36.6. The van der Waals surface area contributed by atoms with E-state index >= 15 is 0 Å². The van der Waals surface area contributed by atoms with Crippen LogP contribution in [0.5, 0.6) is 0 Å². The van der Waals surface area contributed by atoms with Crippen LogP contribution in [0, 0.1) is 29.1 Å². The standard InChI is InChI=1S/C58H47N7/c1-38-18-13-14-27-49(38)56-61-53(41-19-7-4-8-20-41)60-54(62-56)42-32-30-40(31-33-42)47-35-48(37-59)39(2)52(36-47)51-29-16-15-28-50(51)45-25-17-26-46(34-45)55-63-57(43-21-9-5-10-22-43)65(3)58(64-55)44-23-11-6-12-24-44/h4-17,19-36,38-39,48,57H,18H2,1-3H3. The molecule has 6 aromatic carbocycles. The second-order valence-electron chi connectivity index (χ2n) is 16.9. The first-order chi connectivity index (χ1) is 31.9. The van der Waals surface area contributed by atoms with Crippen molar-refractivity contribution < 1.29 is 0 Å². The topological polar surface area (TPSA) is 90.4 Å². The number of nitriles is 1. The lowest BCUT2D eigenvalue weighted by molar-refractivity contribution is 0.383. The number of aromatic nitrogens is 3. The minimum atomic E-state index is -0.322. The monoisotopic (exact) mass is 841 g/mol. The van der Waals surface area contributed by atoms with Gasteiger partial charge in [-0.3, -0.25) is 0 Å². The molecule has 1 aromatic heterocycles. The van der Waals surface area contributed by atoms with E-state index in [0.717, 1.165) is 79.0 Å². The maximum Gasteiger partial charge on any atom is 0.164 e. The fraction of sp³-hybridized carbons (Fsp3) is 0.138.